The summed E-state index contributed by atoms with van der Waals surface area (Å²) in [6.45, 7) is 18.7. The zero-order valence-corrected chi connectivity index (χ0v) is 38.2. The van der Waals surface area contributed by atoms with E-state index in [0.717, 1.165) is 39.2 Å². The number of methoxy groups -OCH3 is 1. The lowest BCUT2D eigenvalue weighted by molar-refractivity contribution is -0.193. The number of amides is 1. The number of hydrogen-bond acceptors (Lipinski definition) is 12. The van der Waals surface area contributed by atoms with Gasteiger partial charge in [-0.2, -0.15) is 0 Å². The van der Waals surface area contributed by atoms with Gasteiger partial charge in [0.05, 0.1) is 49.5 Å². The third kappa shape index (κ3) is 9.33. The highest BCUT2D eigenvalue weighted by atomic mass is 16.6. The first-order valence-electron chi connectivity index (χ1n) is 22.1. The van der Waals surface area contributed by atoms with Crippen molar-refractivity contribution in [2.45, 2.75) is 181 Å². The van der Waals surface area contributed by atoms with Crippen LogP contribution in [0, 0.1) is 39.4 Å². The molecule has 1 aromatic rings. The predicted molar refractivity (Wildman–Crippen MR) is 227 cm³/mol. The number of allylic oxidation sites excluding steroid dienone is 1. The Bertz CT molecular complexity index is 1820. The van der Waals surface area contributed by atoms with Crippen LogP contribution < -0.4 is 5.32 Å². The van der Waals surface area contributed by atoms with E-state index < -0.39 is 101 Å². The van der Waals surface area contributed by atoms with Crippen molar-refractivity contribution in [1.82, 2.24) is 5.32 Å². The number of esters is 3. The van der Waals surface area contributed by atoms with Crippen LogP contribution in [-0.4, -0.2) is 98.1 Å². The topological polar surface area (TPSA) is 209 Å². The van der Waals surface area contributed by atoms with Gasteiger partial charge in [-0.3, -0.25) is 14.4 Å². The molecule has 13 heteroatoms. The molecule has 4 aliphatic carbocycles. The predicted octanol–water partition coefficient (Wildman–Crippen LogP) is 5.63. The van der Waals surface area contributed by atoms with Crippen LogP contribution in [0.2, 0.25) is 0 Å². The van der Waals surface area contributed by atoms with Gasteiger partial charge in [0, 0.05) is 12.3 Å². The van der Waals surface area contributed by atoms with Crippen molar-refractivity contribution < 1.29 is 58.9 Å². The van der Waals surface area contributed by atoms with Crippen molar-refractivity contribution in [3.8, 4) is 0 Å². The minimum absolute atomic E-state index is 0.0320. The van der Waals surface area contributed by atoms with E-state index in [1.54, 1.807) is 44.2 Å². The molecular formula is C48H73NO12. The summed E-state index contributed by atoms with van der Waals surface area (Å²) < 4.78 is 16.4. The summed E-state index contributed by atoms with van der Waals surface area (Å²) in [6, 6.07) is 6.92. The smallest absolute Gasteiger partial charge is 0.332 e. The molecule has 1 amide bonds. The quantitative estimate of drug-likeness (QED) is 0.0721. The van der Waals surface area contributed by atoms with Gasteiger partial charge in [0.15, 0.2) is 12.1 Å². The Morgan fingerprint density at radius 3 is 2.16 bits per heavy atom. The van der Waals surface area contributed by atoms with Gasteiger partial charge in [-0.15, -0.1) is 0 Å². The monoisotopic (exact) mass is 856 g/mol. The van der Waals surface area contributed by atoms with Gasteiger partial charge in [0.25, 0.3) is 0 Å². The third-order valence-corrected chi connectivity index (χ3v) is 16.1. The first kappa shape index (κ1) is 48.7. The lowest BCUT2D eigenvalue weighted by atomic mass is 9.42. The molecule has 6 N–H and O–H groups in total. The van der Waals surface area contributed by atoms with E-state index in [4.69, 9.17) is 14.2 Å². The molecule has 13 nitrogen and oxygen atoms in total. The van der Waals surface area contributed by atoms with Gasteiger partial charge < -0.3 is 45.1 Å². The molecule has 2 saturated carbocycles. The number of aliphatic hydroxyl groups is 5. The van der Waals surface area contributed by atoms with Crippen LogP contribution in [0.5, 0.6) is 0 Å². The maximum absolute atomic E-state index is 13.7. The summed E-state index contributed by atoms with van der Waals surface area (Å²) in [5.74, 6) is -2.72. The van der Waals surface area contributed by atoms with Gasteiger partial charge in [0.2, 0.25) is 5.91 Å². The molecule has 61 heavy (non-hydrogen) atoms. The van der Waals surface area contributed by atoms with Gasteiger partial charge in [-0.25, -0.2) is 4.79 Å². The van der Waals surface area contributed by atoms with Crippen LogP contribution in [-0.2, 0) is 33.4 Å². The fourth-order valence-electron chi connectivity index (χ4n) is 12.5. The van der Waals surface area contributed by atoms with E-state index in [0.29, 0.717) is 24.8 Å². The van der Waals surface area contributed by atoms with E-state index in [9.17, 15) is 44.7 Å². The van der Waals surface area contributed by atoms with Gasteiger partial charge in [-0.05, 0) is 112 Å². The Hall–Kier alpha value is -3.36. The summed E-state index contributed by atoms with van der Waals surface area (Å²) in [5, 5.41) is 59.1. The molecule has 0 bridgehead atoms. The van der Waals surface area contributed by atoms with Crippen LogP contribution in [0.1, 0.15) is 145 Å². The number of hydrogen-bond donors (Lipinski definition) is 6. The average Bonchev–Trinajstić information content (AvgIpc) is 3.45. The molecule has 0 spiro atoms. The molecule has 0 radical (unpaired) electrons. The highest BCUT2D eigenvalue weighted by Gasteiger charge is 2.67. The first-order chi connectivity index (χ1) is 28.1. The zero-order chi connectivity index (χ0) is 45.7. The third-order valence-electron chi connectivity index (χ3n) is 16.1. The molecule has 5 rings (SSSR count). The molecule has 0 unspecified atom stereocenters. The molecule has 342 valence electrons. The van der Waals surface area contributed by atoms with Crippen molar-refractivity contribution in [2.75, 3.05) is 7.11 Å². The van der Waals surface area contributed by atoms with Crippen LogP contribution in [0.25, 0.3) is 0 Å². The molecule has 0 aromatic heterocycles. The molecule has 1 aromatic carbocycles. The number of aliphatic hydroxyl groups excluding tert-OH is 3. The summed E-state index contributed by atoms with van der Waals surface area (Å²) in [6.07, 6.45) is -0.346. The van der Waals surface area contributed by atoms with Gasteiger partial charge in [0.1, 0.15) is 6.10 Å². The maximum atomic E-state index is 13.7. The minimum atomic E-state index is -1.93. The Morgan fingerprint density at radius 2 is 1.57 bits per heavy atom. The highest BCUT2D eigenvalue weighted by molar-refractivity contribution is 5.86. The summed E-state index contributed by atoms with van der Waals surface area (Å²) in [5.41, 5.74) is -2.04. The lowest BCUT2D eigenvalue weighted by Crippen LogP contribution is -2.62. The Morgan fingerprint density at radius 1 is 0.934 bits per heavy atom. The number of ether oxygens (including phenoxy) is 3. The van der Waals surface area contributed by atoms with E-state index in [-0.39, 0.29) is 23.2 Å². The van der Waals surface area contributed by atoms with E-state index in [1.165, 1.54) is 25.0 Å². The normalized spacial score (nSPS) is 33.7. The average molecular weight is 856 g/mol. The Kier molecular flexibility index (Phi) is 14.1. The van der Waals surface area contributed by atoms with E-state index in [2.05, 4.69) is 33.0 Å². The molecule has 0 aliphatic heterocycles. The van der Waals surface area contributed by atoms with Crippen molar-refractivity contribution in [2.24, 2.45) is 39.4 Å². The molecule has 2 fully saturated rings. The van der Waals surface area contributed by atoms with Crippen molar-refractivity contribution in [3.63, 3.8) is 0 Å². The van der Waals surface area contributed by atoms with Crippen molar-refractivity contribution in [3.05, 3.63) is 47.0 Å². The Labute approximate surface area is 362 Å². The fourth-order valence-corrected chi connectivity index (χ4v) is 12.5. The van der Waals surface area contributed by atoms with E-state index in [1.807, 2.05) is 13.8 Å². The standard InChI is InChI=1S/C48H73NO12/c1-27(17-20-35(51)44(5,6)57)30-21-22-47(9)31-18-19-34-43(3,4)41(55)33(24-46(34,8)32(31)23-36(52)48(30,47)10)61-38(54)26-45(7,58)25-37(53)49-39(42(56)59-11)40(60-28(2)50)29-15-13-12-14-16-29/h12-16,27,30,33-36,39-41,51-52,55,57-58H,17-26H2,1-11H3,(H,49,53)/t27-,30-,33-,34+,35-,36+,39+,40+,41+,45-,46-,47+,48+/m1/s1. The number of benzene rings is 1. The maximum Gasteiger partial charge on any atom is 0.332 e. The summed E-state index contributed by atoms with van der Waals surface area (Å²) >= 11 is 0. The number of carbonyl (C=O) groups excluding carboxylic acids is 4. The molecule has 13 atom stereocenters. The molecule has 4 aliphatic rings. The van der Waals surface area contributed by atoms with Crippen LogP contribution >= 0.6 is 0 Å². The number of carbonyl (C=O) groups is 4. The second-order valence-corrected chi connectivity index (χ2v) is 21.0. The molecular weight excluding hydrogens is 783 g/mol. The second-order valence-electron chi connectivity index (χ2n) is 21.0. The zero-order valence-electron chi connectivity index (χ0n) is 38.2. The number of fused-ring (bicyclic) bond motifs is 4. The lowest BCUT2D eigenvalue weighted by Gasteiger charge is -2.64. The molecule has 0 saturated heterocycles. The SMILES string of the molecule is COC(=O)[C@@H](NC(=O)C[C@@](C)(O)CC(=O)O[C@@H]1C[C@]2(C)C3=C(CC[C@H]2C(C)(C)[C@H]1O)[C@]1(C)CC[C@H]([C@H](C)CC[C@@H](O)C(C)(C)O)[C@@]1(C)[C@@H](O)C3)[C@@H](OC(C)=O)c1ccccc1. The Balaban J connectivity index is 1.32. The number of rotatable bonds is 15. The highest BCUT2D eigenvalue weighted by Crippen LogP contribution is 2.72. The largest absolute Gasteiger partial charge is 0.467 e. The fraction of sp³-hybridized carbons (Fsp3) is 0.750. The van der Waals surface area contributed by atoms with Crippen molar-refractivity contribution >= 4 is 23.8 Å². The van der Waals surface area contributed by atoms with Crippen LogP contribution in [0.3, 0.4) is 0 Å². The minimum Gasteiger partial charge on any atom is -0.467 e. The first-order valence-corrected chi connectivity index (χ1v) is 22.1. The molecule has 0 heterocycles. The van der Waals surface area contributed by atoms with Crippen molar-refractivity contribution in [1.29, 1.82) is 0 Å². The second kappa shape index (κ2) is 17.7. The van der Waals surface area contributed by atoms with E-state index >= 15 is 0 Å². The number of nitrogens with one attached hydrogen (secondary N) is 1. The summed E-state index contributed by atoms with van der Waals surface area (Å²) in [7, 11) is 1.13. The van der Waals surface area contributed by atoms with Crippen LogP contribution in [0.15, 0.2) is 41.5 Å². The summed E-state index contributed by atoms with van der Waals surface area (Å²) in [4.78, 5) is 52.0. The van der Waals surface area contributed by atoms with Crippen LogP contribution in [0.4, 0.5) is 0 Å². The van der Waals surface area contributed by atoms with Gasteiger partial charge in [-0.1, -0.05) is 83.0 Å². The van der Waals surface area contributed by atoms with Gasteiger partial charge >= 0.3 is 17.9 Å².